The Morgan fingerprint density at radius 3 is 2.50 bits per heavy atom. The van der Waals surface area contributed by atoms with Gasteiger partial charge < -0.3 is 14.4 Å². The first-order valence-corrected chi connectivity index (χ1v) is 8.82. The maximum absolute atomic E-state index is 12.2. The molecule has 0 unspecified atom stereocenters. The highest BCUT2D eigenvalue weighted by Crippen LogP contribution is 2.27. The molecule has 0 radical (unpaired) electrons. The van der Waals surface area contributed by atoms with Gasteiger partial charge in [0, 0.05) is 18.5 Å². The zero-order valence-electron chi connectivity index (χ0n) is 15.7. The zero-order valence-corrected chi connectivity index (χ0v) is 15.7. The van der Waals surface area contributed by atoms with E-state index in [2.05, 4.69) is 5.10 Å². The molecular weight excluding hydrogens is 334 g/mol. The minimum absolute atomic E-state index is 0.218. The van der Waals surface area contributed by atoms with E-state index in [9.17, 15) is 9.59 Å². The molecule has 2 heterocycles. The van der Waals surface area contributed by atoms with Gasteiger partial charge in [0.1, 0.15) is 5.60 Å². The van der Waals surface area contributed by atoms with Crippen molar-refractivity contribution in [3.05, 3.63) is 30.0 Å². The second-order valence-electron chi connectivity index (χ2n) is 7.55. The molecule has 0 atom stereocenters. The molecule has 140 valence electrons. The number of fused-ring (bicyclic) bond motifs is 1. The van der Waals surface area contributed by atoms with Gasteiger partial charge in [-0.2, -0.15) is 5.10 Å². The predicted molar refractivity (Wildman–Crippen MR) is 97.2 cm³/mol. The Kier molecular flexibility index (Phi) is 4.89. The van der Waals surface area contributed by atoms with Crippen molar-refractivity contribution < 1.29 is 19.1 Å². The van der Waals surface area contributed by atoms with Crippen molar-refractivity contribution in [2.45, 2.75) is 45.3 Å². The number of methoxy groups -OCH3 is 1. The topological polar surface area (TPSA) is 73.7 Å². The molecule has 1 fully saturated rings. The van der Waals surface area contributed by atoms with Gasteiger partial charge in [0.25, 0.3) is 0 Å². The fourth-order valence-corrected chi connectivity index (χ4v) is 3.21. The number of amides is 1. The standard InChI is InChI=1S/C19H25N3O4/c1-19(2,3)26-18(24)21-9-7-15(8-10-21)22-16-6-5-13(17(23)25-4)11-14(16)12-20-22/h5-6,11-12,15H,7-10H2,1-4H3. The zero-order chi connectivity index (χ0) is 18.9. The molecule has 0 aliphatic carbocycles. The first-order valence-electron chi connectivity index (χ1n) is 8.82. The van der Waals surface area contributed by atoms with Crippen molar-refractivity contribution in [2.75, 3.05) is 20.2 Å². The number of likely N-dealkylation sites (tertiary alicyclic amines) is 1. The first kappa shape index (κ1) is 18.2. The number of piperidine rings is 1. The molecule has 1 aromatic carbocycles. The number of carbonyl (C=O) groups is 2. The van der Waals surface area contributed by atoms with Crippen molar-refractivity contribution in [1.29, 1.82) is 0 Å². The fraction of sp³-hybridized carbons (Fsp3) is 0.526. The minimum atomic E-state index is -0.483. The van der Waals surface area contributed by atoms with Crippen LogP contribution in [0.4, 0.5) is 4.79 Å². The summed E-state index contributed by atoms with van der Waals surface area (Å²) in [4.78, 5) is 25.6. The van der Waals surface area contributed by atoms with Crippen LogP contribution in [0, 0.1) is 0 Å². The lowest BCUT2D eigenvalue weighted by Crippen LogP contribution is -2.42. The molecule has 0 N–H and O–H groups in total. The van der Waals surface area contributed by atoms with Crippen LogP contribution in [0.1, 0.15) is 50.0 Å². The van der Waals surface area contributed by atoms with Gasteiger partial charge in [-0.05, 0) is 51.8 Å². The van der Waals surface area contributed by atoms with E-state index in [1.165, 1.54) is 7.11 Å². The van der Waals surface area contributed by atoms with E-state index >= 15 is 0 Å². The lowest BCUT2D eigenvalue weighted by molar-refractivity contribution is 0.0186. The van der Waals surface area contributed by atoms with E-state index < -0.39 is 5.60 Å². The summed E-state index contributed by atoms with van der Waals surface area (Å²) in [5.41, 5.74) is 1.01. The van der Waals surface area contributed by atoms with Crippen LogP contribution in [0.15, 0.2) is 24.4 Å². The summed E-state index contributed by atoms with van der Waals surface area (Å²) in [6, 6.07) is 5.66. The maximum atomic E-state index is 12.2. The Morgan fingerprint density at radius 1 is 1.19 bits per heavy atom. The van der Waals surface area contributed by atoms with Crippen molar-refractivity contribution in [1.82, 2.24) is 14.7 Å². The summed E-state index contributed by atoms with van der Waals surface area (Å²) in [5, 5.41) is 5.41. The van der Waals surface area contributed by atoms with Gasteiger partial charge in [-0.15, -0.1) is 0 Å². The van der Waals surface area contributed by atoms with E-state index in [-0.39, 0.29) is 18.1 Å². The van der Waals surface area contributed by atoms with Crippen molar-refractivity contribution >= 4 is 23.0 Å². The molecule has 0 bridgehead atoms. The fourth-order valence-electron chi connectivity index (χ4n) is 3.21. The lowest BCUT2D eigenvalue weighted by Gasteiger charge is -2.33. The molecule has 2 aromatic rings. The quantitative estimate of drug-likeness (QED) is 0.769. The molecule has 1 aromatic heterocycles. The predicted octanol–water partition coefficient (Wildman–Crippen LogP) is 3.39. The van der Waals surface area contributed by atoms with Crippen molar-refractivity contribution in [3.8, 4) is 0 Å². The number of hydrogen-bond acceptors (Lipinski definition) is 5. The van der Waals surface area contributed by atoms with E-state index in [1.54, 1.807) is 23.2 Å². The van der Waals surface area contributed by atoms with Gasteiger partial charge in [-0.1, -0.05) is 0 Å². The highest BCUT2D eigenvalue weighted by molar-refractivity contribution is 5.94. The Bertz CT molecular complexity index is 814. The Balaban J connectivity index is 1.70. The normalized spacial score (nSPS) is 15.9. The molecule has 3 rings (SSSR count). The van der Waals surface area contributed by atoms with Gasteiger partial charge >= 0.3 is 12.1 Å². The summed E-state index contributed by atoms with van der Waals surface area (Å²) in [6.07, 6.45) is 3.13. The average Bonchev–Trinajstić information content (AvgIpc) is 3.02. The van der Waals surface area contributed by atoms with E-state index in [0.717, 1.165) is 23.7 Å². The number of nitrogens with zero attached hydrogens (tertiary/aromatic N) is 3. The molecule has 26 heavy (non-hydrogen) atoms. The summed E-state index contributed by atoms with van der Waals surface area (Å²) in [5.74, 6) is -0.356. The Hall–Kier alpha value is -2.57. The number of aromatic nitrogens is 2. The molecule has 1 amide bonds. The van der Waals surface area contributed by atoms with Gasteiger partial charge in [-0.25, -0.2) is 9.59 Å². The van der Waals surface area contributed by atoms with Crippen LogP contribution >= 0.6 is 0 Å². The molecule has 7 heteroatoms. The lowest BCUT2D eigenvalue weighted by atomic mass is 10.0. The molecule has 0 saturated carbocycles. The molecule has 7 nitrogen and oxygen atoms in total. The van der Waals surface area contributed by atoms with Crippen LogP contribution in [0.25, 0.3) is 10.9 Å². The summed E-state index contributed by atoms with van der Waals surface area (Å²) < 4.78 is 12.2. The number of rotatable bonds is 2. The third-order valence-corrected chi connectivity index (χ3v) is 4.48. The number of esters is 1. The summed E-state index contributed by atoms with van der Waals surface area (Å²) in [7, 11) is 1.37. The smallest absolute Gasteiger partial charge is 0.410 e. The number of benzene rings is 1. The summed E-state index contributed by atoms with van der Waals surface area (Å²) in [6.45, 7) is 6.89. The highest BCUT2D eigenvalue weighted by atomic mass is 16.6. The largest absolute Gasteiger partial charge is 0.465 e. The first-order chi connectivity index (χ1) is 12.3. The second-order valence-corrected chi connectivity index (χ2v) is 7.55. The van der Waals surface area contributed by atoms with Gasteiger partial charge in [0.05, 0.1) is 30.4 Å². The van der Waals surface area contributed by atoms with Crippen LogP contribution < -0.4 is 0 Å². The summed E-state index contributed by atoms with van der Waals surface area (Å²) >= 11 is 0. The third-order valence-electron chi connectivity index (χ3n) is 4.48. The molecule has 1 aliphatic heterocycles. The SMILES string of the molecule is COC(=O)c1ccc2c(cnn2C2CCN(C(=O)OC(C)(C)C)CC2)c1. The van der Waals surface area contributed by atoms with E-state index in [4.69, 9.17) is 9.47 Å². The number of hydrogen-bond donors (Lipinski definition) is 0. The Labute approximate surface area is 152 Å². The average molecular weight is 359 g/mol. The molecule has 1 saturated heterocycles. The highest BCUT2D eigenvalue weighted by Gasteiger charge is 2.28. The van der Waals surface area contributed by atoms with E-state index in [1.807, 2.05) is 31.5 Å². The van der Waals surface area contributed by atoms with Crippen molar-refractivity contribution in [2.24, 2.45) is 0 Å². The third kappa shape index (κ3) is 3.81. The number of ether oxygens (including phenoxy) is 2. The van der Waals surface area contributed by atoms with Crippen molar-refractivity contribution in [3.63, 3.8) is 0 Å². The van der Waals surface area contributed by atoms with Gasteiger partial charge in [0.15, 0.2) is 0 Å². The molecule has 1 aliphatic rings. The maximum Gasteiger partial charge on any atom is 0.410 e. The van der Waals surface area contributed by atoms with Gasteiger partial charge in [0.2, 0.25) is 0 Å². The molecular formula is C19H25N3O4. The monoisotopic (exact) mass is 359 g/mol. The Morgan fingerprint density at radius 2 is 1.88 bits per heavy atom. The number of carbonyl (C=O) groups excluding carboxylic acids is 2. The van der Waals surface area contributed by atoms with Crippen LogP contribution in [0.5, 0.6) is 0 Å². The van der Waals surface area contributed by atoms with Gasteiger partial charge in [-0.3, -0.25) is 4.68 Å². The minimum Gasteiger partial charge on any atom is -0.465 e. The van der Waals surface area contributed by atoms with Crippen LogP contribution in [0.2, 0.25) is 0 Å². The second kappa shape index (κ2) is 6.97. The van der Waals surface area contributed by atoms with Crippen LogP contribution in [0.3, 0.4) is 0 Å². The van der Waals surface area contributed by atoms with Crippen LogP contribution in [-0.4, -0.2) is 52.5 Å². The van der Waals surface area contributed by atoms with Crippen LogP contribution in [-0.2, 0) is 9.47 Å². The van der Waals surface area contributed by atoms with E-state index in [0.29, 0.717) is 18.7 Å². The molecule has 0 spiro atoms.